The Morgan fingerprint density at radius 3 is 2.83 bits per heavy atom. The van der Waals surface area contributed by atoms with Crippen LogP contribution in [-0.4, -0.2) is 28.0 Å². The molecule has 2 rings (SSSR count). The van der Waals surface area contributed by atoms with Crippen LogP contribution in [0.1, 0.15) is 37.4 Å². The van der Waals surface area contributed by atoms with Gasteiger partial charge in [0.1, 0.15) is 11.0 Å². The molecule has 0 bridgehead atoms. The van der Waals surface area contributed by atoms with Crippen molar-refractivity contribution < 1.29 is 14.7 Å². The smallest absolute Gasteiger partial charge is 0.326 e. The third-order valence-corrected chi connectivity index (χ3v) is 4.58. The van der Waals surface area contributed by atoms with Gasteiger partial charge in [0.25, 0.3) is 0 Å². The Balaban J connectivity index is 1.98. The summed E-state index contributed by atoms with van der Waals surface area (Å²) in [7, 11) is 0. The number of aromatic nitrogens is 1. The Labute approximate surface area is 145 Å². The number of nitrogens with one attached hydrogen (secondary N) is 1. The van der Waals surface area contributed by atoms with Crippen molar-refractivity contribution in [3.63, 3.8) is 0 Å². The number of unbranched alkanes of at least 4 members (excludes halogenated alkanes) is 1. The van der Waals surface area contributed by atoms with Crippen LogP contribution in [0.15, 0.2) is 29.6 Å². The zero-order chi connectivity index (χ0) is 17.5. The quantitative estimate of drug-likeness (QED) is 0.767. The molecule has 5 nitrogen and oxygen atoms in total. The lowest BCUT2D eigenvalue weighted by Gasteiger charge is -2.13. The topological polar surface area (TPSA) is 79.3 Å². The molecule has 0 saturated heterocycles. The third kappa shape index (κ3) is 5.16. The summed E-state index contributed by atoms with van der Waals surface area (Å²) in [6.45, 7) is 4.01. The first-order valence-electron chi connectivity index (χ1n) is 8.03. The van der Waals surface area contributed by atoms with Crippen LogP contribution in [0.3, 0.4) is 0 Å². The fourth-order valence-electron chi connectivity index (χ4n) is 2.37. The van der Waals surface area contributed by atoms with Crippen molar-refractivity contribution in [2.75, 3.05) is 0 Å². The molecule has 0 unspecified atom stereocenters. The van der Waals surface area contributed by atoms with E-state index >= 15 is 0 Å². The Kier molecular flexibility index (Phi) is 6.49. The van der Waals surface area contributed by atoms with Crippen molar-refractivity contribution in [3.05, 3.63) is 40.9 Å². The number of carboxylic acid groups (broad SMARTS) is 1. The number of thiazole rings is 1. The number of aliphatic carboxylic acids is 1. The van der Waals surface area contributed by atoms with E-state index in [1.807, 2.05) is 43.5 Å². The van der Waals surface area contributed by atoms with E-state index in [0.717, 1.165) is 29.0 Å². The van der Waals surface area contributed by atoms with Gasteiger partial charge in [0.15, 0.2) is 0 Å². The molecule has 1 aromatic heterocycles. The van der Waals surface area contributed by atoms with Gasteiger partial charge in [0.2, 0.25) is 5.91 Å². The molecule has 0 fully saturated rings. The normalized spacial score (nSPS) is 11.9. The molecule has 128 valence electrons. The van der Waals surface area contributed by atoms with Gasteiger partial charge in [-0.3, -0.25) is 4.79 Å². The minimum Gasteiger partial charge on any atom is -0.480 e. The van der Waals surface area contributed by atoms with Gasteiger partial charge in [-0.15, -0.1) is 11.3 Å². The molecular weight excluding hydrogens is 324 g/mol. The van der Waals surface area contributed by atoms with Gasteiger partial charge in [-0.05, 0) is 19.4 Å². The fraction of sp³-hybridized carbons (Fsp3) is 0.389. The monoisotopic (exact) mass is 346 g/mol. The molecule has 1 amide bonds. The number of hydrogen-bond donors (Lipinski definition) is 2. The third-order valence-electron chi connectivity index (χ3n) is 3.64. The molecule has 0 saturated carbocycles. The average molecular weight is 346 g/mol. The van der Waals surface area contributed by atoms with Gasteiger partial charge < -0.3 is 10.4 Å². The van der Waals surface area contributed by atoms with Gasteiger partial charge in [-0.25, -0.2) is 9.78 Å². The molecule has 0 aliphatic rings. The summed E-state index contributed by atoms with van der Waals surface area (Å²) in [5, 5.41) is 14.5. The Morgan fingerprint density at radius 2 is 2.17 bits per heavy atom. The number of carbonyl (C=O) groups is 2. The summed E-state index contributed by atoms with van der Waals surface area (Å²) in [6, 6.07) is 7.21. The summed E-state index contributed by atoms with van der Waals surface area (Å²) >= 11 is 1.48. The Morgan fingerprint density at radius 1 is 1.38 bits per heavy atom. The molecule has 1 atom stereocenters. The lowest BCUT2D eigenvalue weighted by Crippen LogP contribution is -2.41. The molecule has 6 heteroatoms. The standard InChI is InChI=1S/C18H22N2O3S/c1-3-4-8-15(18(22)23)20-16(21)10-14-11-24-17(19-14)13-7-5-6-12(2)9-13/h5-7,9,11,15H,3-4,8,10H2,1-2H3,(H,20,21)(H,22,23)/t15-/m0/s1. The van der Waals surface area contributed by atoms with Gasteiger partial charge in [-0.1, -0.05) is 43.5 Å². The van der Waals surface area contributed by atoms with E-state index in [-0.39, 0.29) is 12.3 Å². The number of rotatable bonds is 8. The maximum Gasteiger partial charge on any atom is 0.326 e. The van der Waals surface area contributed by atoms with Gasteiger partial charge >= 0.3 is 5.97 Å². The molecule has 0 aliphatic heterocycles. The molecule has 1 heterocycles. The molecule has 0 radical (unpaired) electrons. The van der Waals surface area contributed by atoms with E-state index in [4.69, 9.17) is 5.11 Å². The summed E-state index contributed by atoms with van der Waals surface area (Å²) < 4.78 is 0. The van der Waals surface area contributed by atoms with E-state index in [9.17, 15) is 9.59 Å². The minimum absolute atomic E-state index is 0.0955. The van der Waals surface area contributed by atoms with Crippen LogP contribution in [0.2, 0.25) is 0 Å². The molecule has 2 aromatic rings. The summed E-state index contributed by atoms with van der Waals surface area (Å²) in [5.74, 6) is -1.30. The van der Waals surface area contributed by atoms with Crippen LogP contribution in [0.25, 0.3) is 10.6 Å². The molecule has 0 aliphatic carbocycles. The fourth-order valence-corrected chi connectivity index (χ4v) is 3.19. The number of hydrogen-bond acceptors (Lipinski definition) is 4. The summed E-state index contributed by atoms with van der Waals surface area (Å²) in [4.78, 5) is 27.8. The largest absolute Gasteiger partial charge is 0.480 e. The lowest BCUT2D eigenvalue weighted by molar-refractivity contribution is -0.142. The van der Waals surface area contributed by atoms with E-state index < -0.39 is 12.0 Å². The zero-order valence-electron chi connectivity index (χ0n) is 13.9. The van der Waals surface area contributed by atoms with Crippen molar-refractivity contribution in [3.8, 4) is 10.6 Å². The second kappa shape index (κ2) is 8.59. The van der Waals surface area contributed by atoms with E-state index in [1.54, 1.807) is 0 Å². The molecular formula is C18H22N2O3S. The molecule has 2 N–H and O–H groups in total. The Hall–Kier alpha value is -2.21. The van der Waals surface area contributed by atoms with Crippen LogP contribution in [0.4, 0.5) is 0 Å². The highest BCUT2D eigenvalue weighted by Gasteiger charge is 2.19. The van der Waals surface area contributed by atoms with Crippen molar-refractivity contribution in [1.82, 2.24) is 10.3 Å². The van der Waals surface area contributed by atoms with Crippen molar-refractivity contribution in [2.45, 2.75) is 45.6 Å². The minimum atomic E-state index is -0.990. The van der Waals surface area contributed by atoms with Gasteiger partial charge in [0.05, 0.1) is 12.1 Å². The summed E-state index contributed by atoms with van der Waals surface area (Å²) in [6.07, 6.45) is 2.21. The first-order valence-corrected chi connectivity index (χ1v) is 8.91. The first kappa shape index (κ1) is 18.1. The maximum atomic E-state index is 12.1. The van der Waals surface area contributed by atoms with Crippen LogP contribution < -0.4 is 5.32 Å². The first-order chi connectivity index (χ1) is 11.5. The molecule has 0 spiro atoms. The van der Waals surface area contributed by atoms with Gasteiger partial charge in [0, 0.05) is 10.9 Å². The molecule has 1 aromatic carbocycles. The highest BCUT2D eigenvalue weighted by molar-refractivity contribution is 7.13. The lowest BCUT2D eigenvalue weighted by atomic mass is 10.1. The highest BCUT2D eigenvalue weighted by atomic mass is 32.1. The summed E-state index contributed by atoms with van der Waals surface area (Å²) in [5.41, 5.74) is 2.84. The van der Waals surface area contributed by atoms with Crippen molar-refractivity contribution in [1.29, 1.82) is 0 Å². The van der Waals surface area contributed by atoms with Gasteiger partial charge in [-0.2, -0.15) is 0 Å². The second-order valence-electron chi connectivity index (χ2n) is 5.79. The van der Waals surface area contributed by atoms with Crippen molar-refractivity contribution >= 4 is 23.2 Å². The van der Waals surface area contributed by atoms with E-state index in [0.29, 0.717) is 12.1 Å². The predicted octanol–water partition coefficient (Wildman–Crippen LogP) is 3.42. The van der Waals surface area contributed by atoms with Crippen LogP contribution in [-0.2, 0) is 16.0 Å². The molecule has 24 heavy (non-hydrogen) atoms. The number of amides is 1. The predicted molar refractivity (Wildman–Crippen MR) is 95.1 cm³/mol. The maximum absolute atomic E-state index is 12.1. The van der Waals surface area contributed by atoms with E-state index in [2.05, 4.69) is 10.3 Å². The van der Waals surface area contributed by atoms with E-state index in [1.165, 1.54) is 11.3 Å². The van der Waals surface area contributed by atoms with Crippen LogP contribution >= 0.6 is 11.3 Å². The average Bonchev–Trinajstić information content (AvgIpc) is 2.99. The number of nitrogens with zero attached hydrogens (tertiary/aromatic N) is 1. The van der Waals surface area contributed by atoms with Crippen LogP contribution in [0.5, 0.6) is 0 Å². The number of aryl methyl sites for hydroxylation is 1. The van der Waals surface area contributed by atoms with Crippen molar-refractivity contribution in [2.24, 2.45) is 0 Å². The van der Waals surface area contributed by atoms with Crippen LogP contribution in [0, 0.1) is 6.92 Å². The number of carboxylic acids is 1. The second-order valence-corrected chi connectivity index (χ2v) is 6.65. The highest BCUT2D eigenvalue weighted by Crippen LogP contribution is 2.24. The zero-order valence-corrected chi connectivity index (χ0v) is 14.7. The number of carbonyl (C=O) groups excluding carboxylic acids is 1. The Bertz CT molecular complexity index is 712. The number of benzene rings is 1. The SMILES string of the molecule is CCCC[C@H](NC(=O)Cc1csc(-c2cccc(C)c2)n1)C(=O)O.